The molecule has 0 bridgehead atoms. The molecule has 2 aliphatic rings. The maximum atomic E-state index is 13.0. The summed E-state index contributed by atoms with van der Waals surface area (Å²) in [6, 6.07) is 16.8. The lowest BCUT2D eigenvalue weighted by Gasteiger charge is -2.40. The fraction of sp³-hybridized carbons (Fsp3) is 0.500. The number of thioether (sulfide) groups is 1. The number of rotatable bonds is 10. The molecule has 6 rings (SSSR count). The molecule has 1 atom stereocenters. The first kappa shape index (κ1) is 29.6. The van der Waals surface area contributed by atoms with Crippen LogP contribution >= 0.6 is 11.8 Å². The maximum Gasteiger partial charge on any atom is 0.222 e. The van der Waals surface area contributed by atoms with Crippen molar-refractivity contribution in [2.75, 3.05) is 25.4 Å². The fourth-order valence-corrected chi connectivity index (χ4v) is 7.46. The van der Waals surface area contributed by atoms with Crippen molar-refractivity contribution in [2.45, 2.75) is 83.0 Å². The van der Waals surface area contributed by atoms with Crippen LogP contribution < -0.4 is 0 Å². The van der Waals surface area contributed by atoms with Gasteiger partial charge in [-0.05, 0) is 49.8 Å². The topological polar surface area (TPSA) is 84.2 Å². The minimum absolute atomic E-state index is 0.0702. The van der Waals surface area contributed by atoms with Gasteiger partial charge in [0, 0.05) is 56.2 Å². The van der Waals surface area contributed by atoms with Crippen LogP contribution in [0.4, 0.5) is 0 Å². The second kappa shape index (κ2) is 13.5. The van der Waals surface area contributed by atoms with Crippen LogP contribution in [0.15, 0.2) is 53.7 Å². The number of fused-ring (bicyclic) bond motifs is 3. The molecule has 1 saturated heterocycles. The number of piperazine rings is 1. The Labute approximate surface area is 258 Å². The molecule has 0 radical (unpaired) electrons. The molecule has 1 aliphatic heterocycles. The van der Waals surface area contributed by atoms with Crippen molar-refractivity contribution in [1.82, 2.24) is 29.5 Å². The van der Waals surface area contributed by atoms with Gasteiger partial charge in [0.15, 0.2) is 5.65 Å². The second-order valence-corrected chi connectivity index (χ2v) is 13.3. The van der Waals surface area contributed by atoms with Crippen LogP contribution in [-0.4, -0.2) is 72.8 Å². The SMILES string of the molecule is Cc1ccccc1Cn1c2ccccc2c2nnc(SCCCC(=O)N3CCN(C(=O)CCC4CCCC4)C(C)C3)nc21. The summed E-state index contributed by atoms with van der Waals surface area (Å²) in [4.78, 5) is 34.7. The van der Waals surface area contributed by atoms with E-state index in [0.29, 0.717) is 44.2 Å². The van der Waals surface area contributed by atoms with Gasteiger partial charge in [0.1, 0.15) is 5.52 Å². The van der Waals surface area contributed by atoms with Gasteiger partial charge < -0.3 is 14.4 Å². The highest BCUT2D eigenvalue weighted by Gasteiger charge is 2.30. The standard InChI is InChI=1S/C34H42N6O2S/c1-24-10-3-6-13-27(24)23-40-29-15-8-7-14-28(29)32-33(40)35-34(37-36-32)43-21-9-16-30(41)38-19-20-39(25(2)22-38)31(42)18-17-26-11-4-5-12-26/h3,6-8,10,13-15,25-26H,4-5,9,11-12,16-23H2,1-2H3. The number of nitrogens with zero attached hydrogens (tertiary/aromatic N) is 6. The van der Waals surface area contributed by atoms with E-state index >= 15 is 0 Å². The molecule has 4 aromatic rings. The molecule has 1 aliphatic carbocycles. The van der Waals surface area contributed by atoms with Crippen molar-refractivity contribution in [3.63, 3.8) is 0 Å². The highest BCUT2D eigenvalue weighted by atomic mass is 32.2. The molecule has 0 N–H and O–H groups in total. The van der Waals surface area contributed by atoms with E-state index in [4.69, 9.17) is 4.98 Å². The zero-order valence-electron chi connectivity index (χ0n) is 25.4. The zero-order chi connectivity index (χ0) is 29.8. The third-order valence-electron chi connectivity index (χ3n) is 9.25. The maximum absolute atomic E-state index is 13.0. The number of hydrogen-bond donors (Lipinski definition) is 0. The first-order chi connectivity index (χ1) is 21.0. The summed E-state index contributed by atoms with van der Waals surface area (Å²) < 4.78 is 2.23. The quantitative estimate of drug-likeness (QED) is 0.159. The second-order valence-electron chi connectivity index (χ2n) is 12.2. The Bertz CT molecular complexity index is 1600. The molecule has 2 aromatic heterocycles. The highest BCUT2D eigenvalue weighted by Crippen LogP contribution is 2.30. The minimum Gasteiger partial charge on any atom is -0.339 e. The molecule has 2 amide bonds. The van der Waals surface area contributed by atoms with Crippen molar-refractivity contribution >= 4 is 45.6 Å². The normalized spacial score (nSPS) is 17.8. The smallest absolute Gasteiger partial charge is 0.222 e. The average molecular weight is 599 g/mol. The molecule has 43 heavy (non-hydrogen) atoms. The van der Waals surface area contributed by atoms with E-state index < -0.39 is 0 Å². The van der Waals surface area contributed by atoms with Gasteiger partial charge in [0.2, 0.25) is 17.0 Å². The minimum atomic E-state index is 0.0702. The number of amides is 2. The summed E-state index contributed by atoms with van der Waals surface area (Å²) >= 11 is 1.55. The molecule has 0 spiro atoms. The van der Waals surface area contributed by atoms with Crippen LogP contribution in [0.3, 0.4) is 0 Å². The number of hydrogen-bond acceptors (Lipinski definition) is 6. The van der Waals surface area contributed by atoms with Crippen molar-refractivity contribution in [3.05, 3.63) is 59.7 Å². The van der Waals surface area contributed by atoms with E-state index in [1.54, 1.807) is 11.8 Å². The van der Waals surface area contributed by atoms with Crippen LogP contribution in [0.1, 0.15) is 69.4 Å². The fourth-order valence-electron chi connectivity index (χ4n) is 6.74. The Morgan fingerprint density at radius 3 is 2.56 bits per heavy atom. The van der Waals surface area contributed by atoms with Crippen LogP contribution in [0.2, 0.25) is 0 Å². The Morgan fingerprint density at radius 2 is 1.74 bits per heavy atom. The summed E-state index contributed by atoms with van der Waals surface area (Å²) in [5.74, 6) is 1.89. The van der Waals surface area contributed by atoms with E-state index in [0.717, 1.165) is 46.6 Å². The molecule has 8 nitrogen and oxygen atoms in total. The van der Waals surface area contributed by atoms with Crippen molar-refractivity contribution in [1.29, 1.82) is 0 Å². The lowest BCUT2D eigenvalue weighted by atomic mass is 10.0. The number of carbonyl (C=O) groups excluding carboxylic acids is 2. The third-order valence-corrected chi connectivity index (χ3v) is 10.2. The van der Waals surface area contributed by atoms with Gasteiger partial charge in [-0.1, -0.05) is 79.9 Å². The molecule has 2 aromatic carbocycles. The van der Waals surface area contributed by atoms with E-state index in [1.165, 1.54) is 36.8 Å². The monoisotopic (exact) mass is 598 g/mol. The van der Waals surface area contributed by atoms with Crippen LogP contribution in [-0.2, 0) is 16.1 Å². The first-order valence-electron chi connectivity index (χ1n) is 15.8. The summed E-state index contributed by atoms with van der Waals surface area (Å²) in [5.41, 5.74) is 5.24. The lowest BCUT2D eigenvalue weighted by molar-refractivity contribution is -0.142. The van der Waals surface area contributed by atoms with Gasteiger partial charge in [0.25, 0.3) is 0 Å². The highest BCUT2D eigenvalue weighted by molar-refractivity contribution is 7.99. The Balaban J connectivity index is 1.02. The molecule has 226 valence electrons. The molecule has 3 heterocycles. The van der Waals surface area contributed by atoms with Gasteiger partial charge >= 0.3 is 0 Å². The average Bonchev–Trinajstić information content (AvgIpc) is 3.65. The Kier molecular flexibility index (Phi) is 9.26. The van der Waals surface area contributed by atoms with E-state index in [2.05, 4.69) is 65.0 Å². The van der Waals surface area contributed by atoms with E-state index in [-0.39, 0.29) is 17.9 Å². The number of para-hydroxylation sites is 1. The van der Waals surface area contributed by atoms with Crippen LogP contribution in [0, 0.1) is 12.8 Å². The van der Waals surface area contributed by atoms with E-state index in [1.807, 2.05) is 21.9 Å². The predicted octanol–water partition coefficient (Wildman–Crippen LogP) is 6.24. The molecule has 9 heteroatoms. The van der Waals surface area contributed by atoms with Gasteiger partial charge in [-0.25, -0.2) is 4.98 Å². The number of aryl methyl sites for hydroxylation is 1. The largest absolute Gasteiger partial charge is 0.339 e. The predicted molar refractivity (Wildman–Crippen MR) is 172 cm³/mol. The van der Waals surface area contributed by atoms with Gasteiger partial charge in [-0.2, -0.15) is 0 Å². The molecular weight excluding hydrogens is 556 g/mol. The van der Waals surface area contributed by atoms with Crippen LogP contribution in [0.25, 0.3) is 22.1 Å². The molecule has 1 saturated carbocycles. The molecule has 2 fully saturated rings. The van der Waals surface area contributed by atoms with Crippen molar-refractivity contribution in [2.24, 2.45) is 5.92 Å². The number of aromatic nitrogens is 4. The molecule has 1 unspecified atom stereocenters. The number of benzene rings is 2. The summed E-state index contributed by atoms with van der Waals surface area (Å²) in [7, 11) is 0. The van der Waals surface area contributed by atoms with E-state index in [9.17, 15) is 9.59 Å². The number of carbonyl (C=O) groups is 2. The first-order valence-corrected chi connectivity index (χ1v) is 16.8. The summed E-state index contributed by atoms with van der Waals surface area (Å²) in [5, 5.41) is 10.7. The summed E-state index contributed by atoms with van der Waals surface area (Å²) in [6.45, 7) is 6.81. The lowest BCUT2D eigenvalue weighted by Crippen LogP contribution is -2.55. The van der Waals surface area contributed by atoms with Gasteiger partial charge in [-0.15, -0.1) is 10.2 Å². The van der Waals surface area contributed by atoms with Gasteiger partial charge in [-0.3, -0.25) is 9.59 Å². The zero-order valence-corrected chi connectivity index (χ0v) is 26.2. The van der Waals surface area contributed by atoms with Crippen LogP contribution in [0.5, 0.6) is 0 Å². The van der Waals surface area contributed by atoms with Crippen molar-refractivity contribution < 1.29 is 9.59 Å². The van der Waals surface area contributed by atoms with Gasteiger partial charge in [0.05, 0.1) is 5.52 Å². The summed E-state index contributed by atoms with van der Waals surface area (Å²) in [6.07, 6.45) is 8.07. The molecular formula is C34H42N6O2S. The third kappa shape index (κ3) is 6.71. The Morgan fingerprint density at radius 1 is 0.953 bits per heavy atom. The van der Waals surface area contributed by atoms with Crippen molar-refractivity contribution in [3.8, 4) is 0 Å². The Hall–Kier alpha value is -3.46.